The van der Waals surface area contributed by atoms with E-state index in [4.69, 9.17) is 0 Å². The van der Waals surface area contributed by atoms with E-state index in [2.05, 4.69) is 55.3 Å². The van der Waals surface area contributed by atoms with Crippen molar-refractivity contribution in [2.75, 3.05) is 6.54 Å². The predicted molar refractivity (Wildman–Crippen MR) is 87.8 cm³/mol. The van der Waals surface area contributed by atoms with Crippen LogP contribution < -0.4 is 5.32 Å². The molecule has 2 rings (SSSR count). The minimum atomic E-state index is 0.686. The van der Waals surface area contributed by atoms with Crippen molar-refractivity contribution < 1.29 is 0 Å². The van der Waals surface area contributed by atoms with E-state index in [1.807, 2.05) is 0 Å². The van der Waals surface area contributed by atoms with Gasteiger partial charge in [-0.3, -0.25) is 4.99 Å². The lowest BCUT2D eigenvalue weighted by Crippen LogP contribution is -2.30. The molecule has 0 bridgehead atoms. The van der Waals surface area contributed by atoms with Gasteiger partial charge in [0.25, 0.3) is 0 Å². The maximum atomic E-state index is 4.46. The van der Waals surface area contributed by atoms with Crippen molar-refractivity contribution in [3.63, 3.8) is 0 Å². The van der Waals surface area contributed by atoms with Gasteiger partial charge in [-0.1, -0.05) is 31.2 Å². The second-order valence-electron chi connectivity index (χ2n) is 5.84. The number of nitrogens with zero attached hydrogens (tertiary/aromatic N) is 1. The lowest BCUT2D eigenvalue weighted by Gasteiger charge is -2.16. The smallest absolute Gasteiger partial charge is 0.0389 e. The molecule has 0 radical (unpaired) electrons. The average Bonchev–Trinajstić information content (AvgIpc) is 3.28. The Kier molecular flexibility index (Phi) is 5.78. The van der Waals surface area contributed by atoms with Crippen LogP contribution in [0.25, 0.3) is 0 Å². The maximum absolute atomic E-state index is 4.46. The number of rotatable bonds is 8. The number of aliphatic imine (C=N–C) groups is 1. The van der Waals surface area contributed by atoms with Gasteiger partial charge >= 0.3 is 0 Å². The third-order valence-corrected chi connectivity index (χ3v) is 4.09. The van der Waals surface area contributed by atoms with Crippen molar-refractivity contribution in [3.8, 4) is 0 Å². The van der Waals surface area contributed by atoms with Gasteiger partial charge in [0.05, 0.1) is 0 Å². The minimum absolute atomic E-state index is 0.686. The van der Waals surface area contributed by atoms with E-state index in [-0.39, 0.29) is 0 Å². The van der Waals surface area contributed by atoms with Crippen molar-refractivity contribution in [2.45, 2.75) is 65.0 Å². The van der Waals surface area contributed by atoms with Crippen LogP contribution in [0.15, 0.2) is 29.3 Å². The first-order valence-electron chi connectivity index (χ1n) is 8.09. The Labute approximate surface area is 123 Å². The highest BCUT2D eigenvalue weighted by Crippen LogP contribution is 2.21. The molecule has 1 unspecified atom stereocenters. The van der Waals surface area contributed by atoms with E-state index >= 15 is 0 Å². The zero-order valence-corrected chi connectivity index (χ0v) is 13.2. The van der Waals surface area contributed by atoms with Crippen LogP contribution in [-0.2, 0) is 6.42 Å². The minimum Gasteiger partial charge on any atom is -0.311 e. The van der Waals surface area contributed by atoms with Crippen LogP contribution in [0.1, 0.15) is 57.6 Å². The molecule has 0 spiro atoms. The van der Waals surface area contributed by atoms with Crippen LogP contribution in [-0.4, -0.2) is 24.3 Å². The van der Waals surface area contributed by atoms with Crippen molar-refractivity contribution in [3.05, 3.63) is 35.4 Å². The fourth-order valence-electron chi connectivity index (χ4n) is 2.57. The summed E-state index contributed by atoms with van der Waals surface area (Å²) < 4.78 is 0. The summed E-state index contributed by atoms with van der Waals surface area (Å²) in [6, 6.07) is 10.4. The molecule has 110 valence electrons. The first kappa shape index (κ1) is 15.2. The largest absolute Gasteiger partial charge is 0.311 e. The molecule has 0 aromatic heterocycles. The Hall–Kier alpha value is -1.15. The zero-order chi connectivity index (χ0) is 14.4. The molecule has 1 saturated carbocycles. The number of benzene rings is 1. The number of hydrogen-bond acceptors (Lipinski definition) is 2. The van der Waals surface area contributed by atoms with Gasteiger partial charge in [0.2, 0.25) is 0 Å². The third kappa shape index (κ3) is 4.75. The quantitative estimate of drug-likeness (QED) is 0.711. The van der Waals surface area contributed by atoms with Crippen LogP contribution in [0, 0.1) is 0 Å². The van der Waals surface area contributed by atoms with Gasteiger partial charge in [-0.15, -0.1) is 0 Å². The van der Waals surface area contributed by atoms with E-state index in [0.717, 1.165) is 18.3 Å². The fraction of sp³-hybridized carbons (Fsp3) is 0.611. The summed E-state index contributed by atoms with van der Waals surface area (Å²) in [4.78, 5) is 4.46. The summed E-state index contributed by atoms with van der Waals surface area (Å²) in [6.45, 7) is 7.31. The first-order valence-corrected chi connectivity index (χ1v) is 8.09. The zero-order valence-electron chi connectivity index (χ0n) is 13.2. The van der Waals surface area contributed by atoms with Gasteiger partial charge in [0, 0.05) is 24.3 Å². The van der Waals surface area contributed by atoms with Crippen LogP contribution in [0.4, 0.5) is 0 Å². The molecular weight excluding hydrogens is 244 g/mol. The predicted octanol–water partition coefficient (Wildman–Crippen LogP) is 3.98. The highest BCUT2D eigenvalue weighted by atomic mass is 15.0. The molecule has 20 heavy (non-hydrogen) atoms. The summed E-state index contributed by atoms with van der Waals surface area (Å²) in [5.41, 5.74) is 3.83. The van der Waals surface area contributed by atoms with Gasteiger partial charge in [-0.05, 0) is 57.1 Å². The van der Waals surface area contributed by atoms with Crippen LogP contribution in [0.3, 0.4) is 0 Å². The summed E-state index contributed by atoms with van der Waals surface area (Å²) in [6.07, 6.45) is 6.40. The molecule has 0 saturated heterocycles. The molecule has 1 fully saturated rings. The lowest BCUT2D eigenvalue weighted by molar-refractivity contribution is 0.465. The highest BCUT2D eigenvalue weighted by Gasteiger charge is 2.23. The monoisotopic (exact) mass is 272 g/mol. The molecule has 0 aliphatic heterocycles. The van der Waals surface area contributed by atoms with Crippen molar-refractivity contribution in [1.82, 2.24) is 5.32 Å². The molecular formula is C18H28N2. The molecule has 2 heteroatoms. The van der Waals surface area contributed by atoms with Gasteiger partial charge in [-0.2, -0.15) is 0 Å². The SMILES string of the molecule is CCN=C(C)c1ccc(CCC(CC)NC2CC2)cc1. The van der Waals surface area contributed by atoms with Crippen LogP contribution in [0.5, 0.6) is 0 Å². The summed E-state index contributed by atoms with van der Waals surface area (Å²) in [5.74, 6) is 0. The molecule has 1 atom stereocenters. The van der Waals surface area contributed by atoms with Gasteiger partial charge in [0.15, 0.2) is 0 Å². The molecule has 2 nitrogen and oxygen atoms in total. The normalized spacial score (nSPS) is 17.2. The number of aryl methyl sites for hydroxylation is 1. The van der Waals surface area contributed by atoms with Crippen LogP contribution >= 0.6 is 0 Å². The van der Waals surface area contributed by atoms with Crippen LogP contribution in [0.2, 0.25) is 0 Å². The van der Waals surface area contributed by atoms with Crippen molar-refractivity contribution >= 4 is 5.71 Å². The topological polar surface area (TPSA) is 24.4 Å². The Morgan fingerprint density at radius 2 is 1.95 bits per heavy atom. The molecule has 1 aromatic carbocycles. The molecule has 1 aromatic rings. The Bertz CT molecular complexity index is 429. The third-order valence-electron chi connectivity index (χ3n) is 4.09. The average molecular weight is 272 g/mol. The summed E-state index contributed by atoms with van der Waals surface area (Å²) in [5, 5.41) is 3.74. The first-order chi connectivity index (χ1) is 9.72. The Balaban J connectivity index is 1.84. The molecule has 0 amide bonds. The molecule has 1 aliphatic rings. The summed E-state index contributed by atoms with van der Waals surface area (Å²) in [7, 11) is 0. The molecule has 0 heterocycles. The van der Waals surface area contributed by atoms with Gasteiger partial charge < -0.3 is 5.32 Å². The van der Waals surface area contributed by atoms with E-state index in [9.17, 15) is 0 Å². The fourth-order valence-corrected chi connectivity index (χ4v) is 2.57. The van der Waals surface area contributed by atoms with E-state index in [1.54, 1.807) is 0 Å². The molecule has 1 N–H and O–H groups in total. The number of nitrogens with one attached hydrogen (secondary N) is 1. The van der Waals surface area contributed by atoms with E-state index in [1.165, 1.54) is 43.2 Å². The number of hydrogen-bond donors (Lipinski definition) is 1. The standard InChI is InChI=1S/C18H28N2/c1-4-17(20-18-12-13-18)11-8-15-6-9-16(10-7-15)14(3)19-5-2/h6-7,9-10,17-18,20H,4-5,8,11-13H2,1-3H3. The van der Waals surface area contributed by atoms with Crippen molar-refractivity contribution in [1.29, 1.82) is 0 Å². The Morgan fingerprint density at radius 3 is 2.50 bits per heavy atom. The van der Waals surface area contributed by atoms with E-state index in [0.29, 0.717) is 6.04 Å². The summed E-state index contributed by atoms with van der Waals surface area (Å²) >= 11 is 0. The maximum Gasteiger partial charge on any atom is 0.0389 e. The Morgan fingerprint density at radius 1 is 1.25 bits per heavy atom. The van der Waals surface area contributed by atoms with Crippen molar-refractivity contribution in [2.24, 2.45) is 4.99 Å². The van der Waals surface area contributed by atoms with E-state index < -0.39 is 0 Å². The highest BCUT2D eigenvalue weighted by molar-refractivity contribution is 5.98. The second-order valence-corrected chi connectivity index (χ2v) is 5.84. The van der Waals surface area contributed by atoms with Gasteiger partial charge in [-0.25, -0.2) is 0 Å². The lowest BCUT2D eigenvalue weighted by atomic mass is 10.0. The second kappa shape index (κ2) is 7.58. The van der Waals surface area contributed by atoms with Gasteiger partial charge in [0.1, 0.15) is 0 Å². The molecule has 1 aliphatic carbocycles.